The number of aromatic nitrogens is 2. The minimum absolute atomic E-state index is 0.0875. The van der Waals surface area contributed by atoms with Gasteiger partial charge in [-0.25, -0.2) is 9.37 Å². The van der Waals surface area contributed by atoms with Gasteiger partial charge in [-0.3, -0.25) is 9.78 Å². The van der Waals surface area contributed by atoms with E-state index >= 15 is 0 Å². The summed E-state index contributed by atoms with van der Waals surface area (Å²) in [6.07, 6.45) is 12.4. The van der Waals surface area contributed by atoms with Crippen molar-refractivity contribution in [2.75, 3.05) is 25.7 Å². The highest BCUT2D eigenvalue weighted by atomic mass is 19.1. The van der Waals surface area contributed by atoms with Gasteiger partial charge in [-0.1, -0.05) is 60.8 Å². The summed E-state index contributed by atoms with van der Waals surface area (Å²) >= 11 is 0. The summed E-state index contributed by atoms with van der Waals surface area (Å²) in [7, 11) is 3.50. The van der Waals surface area contributed by atoms with E-state index in [1.54, 1.807) is 43.6 Å². The Labute approximate surface area is 254 Å². The van der Waals surface area contributed by atoms with Gasteiger partial charge in [0.15, 0.2) is 0 Å². The third-order valence-electron chi connectivity index (χ3n) is 7.50. The molecule has 3 aromatic rings. The van der Waals surface area contributed by atoms with Gasteiger partial charge in [-0.05, 0) is 56.2 Å². The second kappa shape index (κ2) is 20.0. The minimum atomic E-state index is -0.365. The zero-order chi connectivity index (χ0) is 31.7. The topological polar surface area (TPSA) is 64.5 Å². The third-order valence-corrected chi connectivity index (χ3v) is 7.50. The molecule has 0 saturated heterocycles. The van der Waals surface area contributed by atoms with Gasteiger partial charge in [0, 0.05) is 55.9 Å². The maximum absolute atomic E-state index is 14.8. The average Bonchev–Trinajstić information content (AvgIpc) is 3.56. The van der Waals surface area contributed by atoms with E-state index in [0.717, 1.165) is 23.8 Å². The Morgan fingerprint density at radius 1 is 1.10 bits per heavy atom. The lowest BCUT2D eigenvalue weighted by Gasteiger charge is -2.19. The van der Waals surface area contributed by atoms with Crippen molar-refractivity contribution in [1.82, 2.24) is 9.97 Å². The largest absolute Gasteiger partial charge is 0.478 e. The van der Waals surface area contributed by atoms with E-state index in [4.69, 9.17) is 9.47 Å². The molecule has 234 valence electrons. The SMILES string of the molecule is CC.CC.CCC(C)CCCOc1ccc(-c2cc3c(C)c(N(C)C(C)=O)cnc3cc2F)cn1.COC1CCCC1. The van der Waals surface area contributed by atoms with Gasteiger partial charge >= 0.3 is 0 Å². The summed E-state index contributed by atoms with van der Waals surface area (Å²) in [5, 5.41) is 0.798. The van der Waals surface area contributed by atoms with E-state index in [-0.39, 0.29) is 11.7 Å². The van der Waals surface area contributed by atoms with Crippen LogP contribution in [0.3, 0.4) is 0 Å². The van der Waals surface area contributed by atoms with Crippen LogP contribution in [0.4, 0.5) is 10.1 Å². The molecule has 1 atom stereocenters. The van der Waals surface area contributed by atoms with Crippen molar-refractivity contribution in [3.05, 3.63) is 48.0 Å². The predicted molar refractivity (Wildman–Crippen MR) is 175 cm³/mol. The Hall–Kier alpha value is -3.06. The molecule has 1 aromatic carbocycles. The molecule has 6 nitrogen and oxygen atoms in total. The molecule has 0 radical (unpaired) electrons. The number of hydrogen-bond acceptors (Lipinski definition) is 5. The molecular weight excluding hydrogens is 529 g/mol. The second-order valence-electron chi connectivity index (χ2n) is 10.2. The Morgan fingerprint density at radius 3 is 2.29 bits per heavy atom. The van der Waals surface area contributed by atoms with Gasteiger partial charge in [0.25, 0.3) is 0 Å². The van der Waals surface area contributed by atoms with Gasteiger partial charge in [0.05, 0.1) is 30.1 Å². The van der Waals surface area contributed by atoms with Gasteiger partial charge in [0.2, 0.25) is 11.8 Å². The van der Waals surface area contributed by atoms with Crippen LogP contribution in [-0.2, 0) is 9.53 Å². The number of ether oxygens (including phenoxy) is 2. The third kappa shape index (κ3) is 11.0. The summed E-state index contributed by atoms with van der Waals surface area (Å²) in [4.78, 5) is 22.0. The van der Waals surface area contributed by atoms with Crippen molar-refractivity contribution in [2.24, 2.45) is 5.92 Å². The van der Waals surface area contributed by atoms with Crippen LogP contribution in [0.5, 0.6) is 5.88 Å². The predicted octanol–water partition coefficient (Wildman–Crippen LogP) is 9.56. The van der Waals surface area contributed by atoms with Crippen molar-refractivity contribution in [2.45, 2.75) is 106 Å². The van der Waals surface area contributed by atoms with Crippen molar-refractivity contribution >= 4 is 22.5 Å². The molecule has 1 saturated carbocycles. The lowest BCUT2D eigenvalue weighted by molar-refractivity contribution is -0.116. The Kier molecular flexibility index (Phi) is 17.6. The highest BCUT2D eigenvalue weighted by Gasteiger charge is 2.16. The van der Waals surface area contributed by atoms with Crippen LogP contribution < -0.4 is 9.64 Å². The first-order valence-corrected chi connectivity index (χ1v) is 15.7. The van der Waals surface area contributed by atoms with Crippen LogP contribution in [0.1, 0.15) is 99.0 Å². The number of amides is 1. The molecule has 7 heteroatoms. The number of anilines is 1. The molecule has 42 heavy (non-hydrogen) atoms. The quantitative estimate of drug-likeness (QED) is 0.235. The molecule has 0 bridgehead atoms. The Bertz CT molecular complexity index is 1190. The van der Waals surface area contributed by atoms with E-state index in [2.05, 4.69) is 23.8 Å². The summed E-state index contributed by atoms with van der Waals surface area (Å²) < 4.78 is 25.7. The smallest absolute Gasteiger partial charge is 0.223 e. The Morgan fingerprint density at radius 2 is 1.76 bits per heavy atom. The van der Waals surface area contributed by atoms with Crippen LogP contribution in [-0.4, -0.2) is 42.7 Å². The van der Waals surface area contributed by atoms with E-state index in [1.165, 1.54) is 45.1 Å². The number of pyridine rings is 2. The summed E-state index contributed by atoms with van der Waals surface area (Å²) in [6.45, 7) is 16.5. The zero-order valence-corrected chi connectivity index (χ0v) is 27.7. The minimum Gasteiger partial charge on any atom is -0.478 e. The molecule has 2 aromatic heterocycles. The maximum atomic E-state index is 14.8. The molecule has 1 amide bonds. The number of carbonyl (C=O) groups is 1. The molecule has 0 aliphatic heterocycles. The summed E-state index contributed by atoms with van der Waals surface area (Å²) in [5.74, 6) is 0.785. The summed E-state index contributed by atoms with van der Waals surface area (Å²) in [5.41, 5.74) is 3.23. The van der Waals surface area contributed by atoms with Gasteiger partial charge in [0.1, 0.15) is 5.82 Å². The van der Waals surface area contributed by atoms with E-state index in [0.29, 0.717) is 46.8 Å². The molecule has 1 fully saturated rings. The fourth-order valence-electron chi connectivity index (χ4n) is 4.63. The lowest BCUT2D eigenvalue weighted by Crippen LogP contribution is -2.23. The average molecular weight is 584 g/mol. The van der Waals surface area contributed by atoms with Crippen LogP contribution in [0, 0.1) is 18.7 Å². The van der Waals surface area contributed by atoms with Gasteiger partial charge in [-0.15, -0.1) is 0 Å². The first kappa shape index (κ1) is 37.0. The number of hydrogen-bond donors (Lipinski definition) is 0. The summed E-state index contributed by atoms with van der Waals surface area (Å²) in [6, 6.07) is 6.78. The van der Waals surface area contributed by atoms with Gasteiger partial charge < -0.3 is 14.4 Å². The normalized spacial score (nSPS) is 13.1. The number of aryl methyl sites for hydroxylation is 1. The highest BCUT2D eigenvalue weighted by molar-refractivity contribution is 5.97. The van der Waals surface area contributed by atoms with Crippen LogP contribution in [0.2, 0.25) is 0 Å². The zero-order valence-electron chi connectivity index (χ0n) is 27.7. The van der Waals surface area contributed by atoms with Crippen molar-refractivity contribution < 1.29 is 18.7 Å². The first-order valence-electron chi connectivity index (χ1n) is 15.7. The second-order valence-corrected chi connectivity index (χ2v) is 10.2. The van der Waals surface area contributed by atoms with Crippen molar-refractivity contribution in [1.29, 1.82) is 0 Å². The fourth-order valence-corrected chi connectivity index (χ4v) is 4.63. The number of carbonyl (C=O) groups excluding carboxylic acids is 1. The van der Waals surface area contributed by atoms with Crippen LogP contribution in [0.25, 0.3) is 22.0 Å². The standard InChI is InChI=1S/C25H30FN3O2.C6H12O.2C2H6/c1-6-16(2)8-7-11-31-25-10-9-19(14-28-25)21-12-20-17(3)24(29(5)18(4)30)15-27-23(20)13-22(21)26;1-7-6-4-2-3-5-6;2*1-2/h9-10,12-16H,6-8,11H2,1-5H3;6H,2-5H2,1H3;2*1-2H3. The lowest BCUT2D eigenvalue weighted by atomic mass is 10.0. The molecule has 1 aliphatic rings. The molecule has 0 spiro atoms. The van der Waals surface area contributed by atoms with Crippen LogP contribution in [0.15, 0.2) is 36.7 Å². The highest BCUT2D eigenvalue weighted by Crippen LogP contribution is 2.32. The van der Waals surface area contributed by atoms with E-state index < -0.39 is 0 Å². The van der Waals surface area contributed by atoms with Crippen LogP contribution >= 0.6 is 0 Å². The molecule has 1 aliphatic carbocycles. The monoisotopic (exact) mass is 583 g/mol. The van der Waals surface area contributed by atoms with Crippen molar-refractivity contribution in [3.8, 4) is 17.0 Å². The first-order chi connectivity index (χ1) is 20.2. The van der Waals surface area contributed by atoms with Gasteiger partial charge in [-0.2, -0.15) is 0 Å². The maximum Gasteiger partial charge on any atom is 0.223 e. The molecule has 2 heterocycles. The number of nitrogens with zero attached hydrogens (tertiary/aromatic N) is 3. The Balaban J connectivity index is 0.000000682. The number of benzene rings is 1. The van der Waals surface area contributed by atoms with E-state index in [9.17, 15) is 9.18 Å². The molecular formula is C35H54FN3O3. The number of rotatable bonds is 9. The number of fused-ring (bicyclic) bond motifs is 1. The van der Waals surface area contributed by atoms with E-state index in [1.807, 2.05) is 40.7 Å². The number of methoxy groups -OCH3 is 1. The van der Waals surface area contributed by atoms with Crippen molar-refractivity contribution in [3.63, 3.8) is 0 Å². The molecule has 4 rings (SSSR count). The number of halogens is 1. The fraction of sp³-hybridized carbons (Fsp3) is 0.571. The molecule has 0 N–H and O–H groups in total. The molecule has 1 unspecified atom stereocenters.